The van der Waals surface area contributed by atoms with Crippen molar-refractivity contribution in [2.75, 3.05) is 5.88 Å². The lowest BCUT2D eigenvalue weighted by molar-refractivity contribution is 0.488. The first-order chi connectivity index (χ1) is 8.35. The minimum Gasteiger partial charge on any atom is -0.127 e. The summed E-state index contributed by atoms with van der Waals surface area (Å²) in [7, 11) is 0. The molecule has 0 fully saturated rings. The second-order valence-electron chi connectivity index (χ2n) is 5.01. The molecule has 0 nitrogen and oxygen atoms in total. The van der Waals surface area contributed by atoms with Crippen molar-refractivity contribution in [3.63, 3.8) is 0 Å². The predicted molar refractivity (Wildman–Crippen MR) is 80.9 cm³/mol. The maximum Gasteiger partial charge on any atom is 0.0223 e. The molecular formula is C16H31Cl. The Kier molecular flexibility index (Phi) is 14.1. The zero-order valence-corrected chi connectivity index (χ0v) is 12.6. The Bertz CT molecular complexity index is 153. The molecule has 0 spiro atoms. The number of alkyl halides is 1. The molecule has 1 heteroatoms. The van der Waals surface area contributed by atoms with Gasteiger partial charge in [-0.15, -0.1) is 11.6 Å². The fourth-order valence-corrected chi connectivity index (χ4v) is 2.29. The average Bonchev–Trinajstić information content (AvgIpc) is 2.34. The van der Waals surface area contributed by atoms with Crippen molar-refractivity contribution in [2.45, 2.75) is 78.1 Å². The minimum atomic E-state index is 0.807. The van der Waals surface area contributed by atoms with Gasteiger partial charge in [-0.1, -0.05) is 64.5 Å². The largest absolute Gasteiger partial charge is 0.127 e. The van der Waals surface area contributed by atoms with Crippen molar-refractivity contribution in [1.82, 2.24) is 0 Å². The van der Waals surface area contributed by atoms with Gasteiger partial charge < -0.3 is 0 Å². The van der Waals surface area contributed by atoms with Crippen LogP contribution in [0.25, 0.3) is 0 Å². The Morgan fingerprint density at radius 3 is 2.12 bits per heavy atom. The smallest absolute Gasteiger partial charge is 0.0223 e. The Morgan fingerprint density at radius 2 is 1.53 bits per heavy atom. The summed E-state index contributed by atoms with van der Waals surface area (Å²) in [6.45, 7) is 4.53. The SMILES string of the molecule is CCCCC=CC(CCCCC)CCCCCl. The van der Waals surface area contributed by atoms with Gasteiger partial charge in [-0.3, -0.25) is 0 Å². The zero-order valence-electron chi connectivity index (χ0n) is 11.9. The molecule has 0 aromatic carbocycles. The maximum atomic E-state index is 5.74. The molecule has 0 saturated carbocycles. The number of allylic oxidation sites excluding steroid dienone is 2. The van der Waals surface area contributed by atoms with E-state index in [0.29, 0.717) is 0 Å². The highest BCUT2D eigenvalue weighted by Crippen LogP contribution is 2.19. The zero-order chi connectivity index (χ0) is 12.8. The van der Waals surface area contributed by atoms with Crippen molar-refractivity contribution < 1.29 is 0 Å². The van der Waals surface area contributed by atoms with Crippen LogP contribution in [0.4, 0.5) is 0 Å². The van der Waals surface area contributed by atoms with Gasteiger partial charge in [-0.25, -0.2) is 0 Å². The van der Waals surface area contributed by atoms with Crippen LogP contribution in [0.15, 0.2) is 12.2 Å². The molecule has 0 aromatic heterocycles. The lowest BCUT2D eigenvalue weighted by Gasteiger charge is -2.12. The number of rotatable bonds is 12. The lowest BCUT2D eigenvalue weighted by atomic mass is 9.94. The van der Waals surface area contributed by atoms with E-state index in [1.807, 2.05) is 0 Å². The van der Waals surface area contributed by atoms with Crippen LogP contribution in [-0.4, -0.2) is 5.88 Å². The molecule has 17 heavy (non-hydrogen) atoms. The molecule has 0 aromatic rings. The first-order valence-corrected chi connectivity index (χ1v) is 8.11. The van der Waals surface area contributed by atoms with Crippen molar-refractivity contribution >= 4 is 11.6 Å². The van der Waals surface area contributed by atoms with Gasteiger partial charge in [0.1, 0.15) is 0 Å². The molecule has 0 radical (unpaired) electrons. The van der Waals surface area contributed by atoms with Crippen molar-refractivity contribution in [2.24, 2.45) is 5.92 Å². The molecule has 1 atom stereocenters. The Balaban J connectivity index is 3.78. The Labute approximate surface area is 114 Å². The number of hydrogen-bond acceptors (Lipinski definition) is 0. The number of halogens is 1. The van der Waals surface area contributed by atoms with E-state index in [0.717, 1.165) is 11.8 Å². The van der Waals surface area contributed by atoms with Gasteiger partial charge in [-0.2, -0.15) is 0 Å². The van der Waals surface area contributed by atoms with Crippen LogP contribution < -0.4 is 0 Å². The minimum absolute atomic E-state index is 0.807. The van der Waals surface area contributed by atoms with E-state index in [4.69, 9.17) is 11.6 Å². The maximum absolute atomic E-state index is 5.74. The quantitative estimate of drug-likeness (QED) is 0.218. The lowest BCUT2D eigenvalue weighted by Crippen LogP contribution is -1.97. The first-order valence-electron chi connectivity index (χ1n) is 7.57. The number of hydrogen-bond donors (Lipinski definition) is 0. The van der Waals surface area contributed by atoms with E-state index in [2.05, 4.69) is 26.0 Å². The molecular weight excluding hydrogens is 228 g/mol. The molecule has 0 aliphatic carbocycles. The van der Waals surface area contributed by atoms with E-state index in [1.165, 1.54) is 64.2 Å². The predicted octanol–water partition coefficient (Wildman–Crippen LogP) is 6.34. The van der Waals surface area contributed by atoms with E-state index >= 15 is 0 Å². The molecule has 1 unspecified atom stereocenters. The normalized spacial score (nSPS) is 13.4. The van der Waals surface area contributed by atoms with Crippen molar-refractivity contribution in [3.05, 3.63) is 12.2 Å². The van der Waals surface area contributed by atoms with Gasteiger partial charge in [0.05, 0.1) is 0 Å². The molecule has 0 aliphatic heterocycles. The molecule has 0 amide bonds. The van der Waals surface area contributed by atoms with E-state index in [1.54, 1.807) is 0 Å². The van der Waals surface area contributed by atoms with Gasteiger partial charge in [0.15, 0.2) is 0 Å². The Hall–Kier alpha value is 0.0300. The number of unbranched alkanes of at least 4 members (excludes halogenated alkanes) is 5. The summed E-state index contributed by atoms with van der Waals surface area (Å²) in [4.78, 5) is 0. The van der Waals surface area contributed by atoms with Crippen LogP contribution in [0, 0.1) is 5.92 Å². The second-order valence-corrected chi connectivity index (χ2v) is 5.39. The summed E-state index contributed by atoms with van der Waals surface area (Å²) >= 11 is 5.74. The summed E-state index contributed by atoms with van der Waals surface area (Å²) in [5.41, 5.74) is 0. The van der Waals surface area contributed by atoms with Gasteiger partial charge in [-0.05, 0) is 31.6 Å². The van der Waals surface area contributed by atoms with Gasteiger partial charge in [0, 0.05) is 5.88 Å². The second kappa shape index (κ2) is 14.1. The van der Waals surface area contributed by atoms with Crippen LogP contribution in [0.5, 0.6) is 0 Å². The molecule has 0 aliphatic rings. The third-order valence-corrected chi connectivity index (χ3v) is 3.54. The summed E-state index contributed by atoms with van der Waals surface area (Å²) in [5.74, 6) is 1.63. The van der Waals surface area contributed by atoms with E-state index in [-0.39, 0.29) is 0 Å². The van der Waals surface area contributed by atoms with Crippen LogP contribution in [-0.2, 0) is 0 Å². The molecule has 102 valence electrons. The third kappa shape index (κ3) is 12.3. The van der Waals surface area contributed by atoms with E-state index in [9.17, 15) is 0 Å². The average molecular weight is 259 g/mol. The summed E-state index contributed by atoms with van der Waals surface area (Å²) in [5, 5.41) is 0. The van der Waals surface area contributed by atoms with Crippen molar-refractivity contribution in [1.29, 1.82) is 0 Å². The van der Waals surface area contributed by atoms with Crippen LogP contribution in [0.1, 0.15) is 78.1 Å². The molecule has 0 saturated heterocycles. The standard InChI is InChI=1S/C16H31Cl/c1-3-5-7-9-13-16(12-8-6-4-2)14-10-11-15-17/h9,13,16H,3-8,10-12,14-15H2,1-2H3. The Morgan fingerprint density at radius 1 is 0.882 bits per heavy atom. The van der Waals surface area contributed by atoms with Crippen molar-refractivity contribution in [3.8, 4) is 0 Å². The topological polar surface area (TPSA) is 0 Å². The fraction of sp³-hybridized carbons (Fsp3) is 0.875. The highest BCUT2D eigenvalue weighted by molar-refractivity contribution is 6.17. The first kappa shape index (κ1) is 17.0. The van der Waals surface area contributed by atoms with Gasteiger partial charge in [0.2, 0.25) is 0 Å². The summed E-state index contributed by atoms with van der Waals surface area (Å²) < 4.78 is 0. The van der Waals surface area contributed by atoms with Crippen LogP contribution in [0.3, 0.4) is 0 Å². The third-order valence-electron chi connectivity index (χ3n) is 3.27. The highest BCUT2D eigenvalue weighted by Gasteiger charge is 2.04. The molecule has 0 rings (SSSR count). The van der Waals surface area contributed by atoms with Gasteiger partial charge >= 0.3 is 0 Å². The fourth-order valence-electron chi connectivity index (χ4n) is 2.10. The molecule has 0 N–H and O–H groups in total. The monoisotopic (exact) mass is 258 g/mol. The van der Waals surface area contributed by atoms with E-state index < -0.39 is 0 Å². The highest BCUT2D eigenvalue weighted by atomic mass is 35.5. The van der Waals surface area contributed by atoms with Gasteiger partial charge in [0.25, 0.3) is 0 Å². The summed E-state index contributed by atoms with van der Waals surface area (Å²) in [6, 6.07) is 0. The summed E-state index contributed by atoms with van der Waals surface area (Å²) in [6.07, 6.45) is 18.0. The molecule has 0 heterocycles. The molecule has 0 bridgehead atoms. The van der Waals surface area contributed by atoms with Crippen LogP contribution in [0.2, 0.25) is 0 Å². The van der Waals surface area contributed by atoms with Crippen LogP contribution >= 0.6 is 11.6 Å².